The second-order valence-corrected chi connectivity index (χ2v) is 6.06. The average Bonchev–Trinajstić information content (AvgIpc) is 3.16. The number of hydrogen-bond acceptors (Lipinski definition) is 5. The zero-order valence-corrected chi connectivity index (χ0v) is 13.6. The first kappa shape index (κ1) is 14.7. The quantitative estimate of drug-likeness (QED) is 0.755. The SMILES string of the molecule is CCCc1c(NCc2nncs2)cnn1-c1ccccc1C. The molecule has 22 heavy (non-hydrogen) atoms. The molecule has 0 amide bonds. The van der Waals surface area contributed by atoms with E-state index in [0.29, 0.717) is 6.54 Å². The van der Waals surface area contributed by atoms with Gasteiger partial charge in [0.1, 0.15) is 10.5 Å². The molecule has 6 heteroatoms. The third-order valence-electron chi connectivity index (χ3n) is 3.53. The van der Waals surface area contributed by atoms with E-state index in [-0.39, 0.29) is 0 Å². The Morgan fingerprint density at radius 2 is 2.14 bits per heavy atom. The monoisotopic (exact) mass is 313 g/mol. The molecule has 0 aliphatic heterocycles. The first-order chi connectivity index (χ1) is 10.8. The minimum absolute atomic E-state index is 0.681. The predicted octanol–water partition coefficient (Wildman–Crippen LogP) is 3.60. The largest absolute Gasteiger partial charge is 0.376 e. The van der Waals surface area contributed by atoms with Crippen molar-refractivity contribution in [3.8, 4) is 5.69 Å². The van der Waals surface area contributed by atoms with Gasteiger partial charge in [0.05, 0.1) is 29.8 Å². The number of para-hydroxylation sites is 1. The summed E-state index contributed by atoms with van der Waals surface area (Å²) in [5.74, 6) is 0. The first-order valence-electron chi connectivity index (χ1n) is 7.41. The van der Waals surface area contributed by atoms with Crippen molar-refractivity contribution < 1.29 is 0 Å². The van der Waals surface area contributed by atoms with Crippen molar-refractivity contribution in [2.75, 3.05) is 5.32 Å². The summed E-state index contributed by atoms with van der Waals surface area (Å²) in [5.41, 5.74) is 6.39. The minimum atomic E-state index is 0.681. The van der Waals surface area contributed by atoms with E-state index in [0.717, 1.165) is 29.2 Å². The minimum Gasteiger partial charge on any atom is -0.376 e. The summed E-state index contributed by atoms with van der Waals surface area (Å²) in [6.07, 6.45) is 3.95. The number of hydrogen-bond donors (Lipinski definition) is 1. The van der Waals surface area contributed by atoms with E-state index < -0.39 is 0 Å². The first-order valence-corrected chi connectivity index (χ1v) is 8.29. The van der Waals surface area contributed by atoms with Crippen molar-refractivity contribution in [2.24, 2.45) is 0 Å². The Morgan fingerprint density at radius 1 is 1.27 bits per heavy atom. The Kier molecular flexibility index (Phi) is 4.48. The molecule has 1 N–H and O–H groups in total. The van der Waals surface area contributed by atoms with E-state index in [1.165, 1.54) is 11.3 Å². The van der Waals surface area contributed by atoms with Crippen LogP contribution in [0.25, 0.3) is 5.69 Å². The lowest BCUT2D eigenvalue weighted by atomic mass is 10.1. The molecule has 0 unspecified atom stereocenters. The smallest absolute Gasteiger partial charge is 0.136 e. The lowest BCUT2D eigenvalue weighted by Gasteiger charge is -2.11. The molecule has 0 radical (unpaired) electrons. The Hall–Kier alpha value is -2.21. The molecule has 0 atom stereocenters. The molecular weight excluding hydrogens is 294 g/mol. The van der Waals surface area contributed by atoms with Gasteiger partial charge in [0.2, 0.25) is 0 Å². The molecule has 0 saturated heterocycles. The fourth-order valence-corrected chi connectivity index (χ4v) is 2.92. The van der Waals surface area contributed by atoms with Gasteiger partial charge in [-0.15, -0.1) is 21.5 Å². The van der Waals surface area contributed by atoms with Gasteiger partial charge in [-0.05, 0) is 25.0 Å². The van der Waals surface area contributed by atoms with Crippen LogP contribution in [-0.2, 0) is 13.0 Å². The number of benzene rings is 1. The maximum absolute atomic E-state index is 4.59. The number of rotatable bonds is 6. The van der Waals surface area contributed by atoms with E-state index in [2.05, 4.69) is 52.7 Å². The van der Waals surface area contributed by atoms with Gasteiger partial charge in [0.25, 0.3) is 0 Å². The van der Waals surface area contributed by atoms with Crippen LogP contribution in [0.1, 0.15) is 29.6 Å². The number of nitrogens with one attached hydrogen (secondary N) is 1. The van der Waals surface area contributed by atoms with Gasteiger partial charge >= 0.3 is 0 Å². The van der Waals surface area contributed by atoms with Crippen LogP contribution in [0, 0.1) is 6.92 Å². The molecule has 3 aromatic rings. The summed E-state index contributed by atoms with van der Waals surface area (Å²) in [6, 6.07) is 8.32. The molecule has 0 saturated carbocycles. The van der Waals surface area contributed by atoms with Crippen LogP contribution in [0.5, 0.6) is 0 Å². The molecule has 2 heterocycles. The van der Waals surface area contributed by atoms with Crippen LogP contribution in [-0.4, -0.2) is 20.0 Å². The summed E-state index contributed by atoms with van der Waals surface area (Å²) >= 11 is 1.56. The van der Waals surface area contributed by atoms with Gasteiger partial charge in [-0.25, -0.2) is 4.68 Å². The fourth-order valence-electron chi connectivity index (χ4n) is 2.45. The van der Waals surface area contributed by atoms with Crippen LogP contribution in [0.15, 0.2) is 36.0 Å². The third kappa shape index (κ3) is 3.01. The standard InChI is InChI=1S/C16H19N5S/c1-3-6-15-13(17-10-16-20-18-11-22-16)9-19-21(15)14-8-5-4-7-12(14)2/h4-5,7-9,11,17H,3,6,10H2,1-2H3. The maximum atomic E-state index is 4.59. The van der Waals surface area contributed by atoms with Crippen molar-refractivity contribution in [1.29, 1.82) is 0 Å². The highest BCUT2D eigenvalue weighted by molar-refractivity contribution is 7.09. The lowest BCUT2D eigenvalue weighted by Crippen LogP contribution is -2.06. The van der Waals surface area contributed by atoms with E-state index in [9.17, 15) is 0 Å². The topological polar surface area (TPSA) is 55.6 Å². The predicted molar refractivity (Wildman–Crippen MR) is 89.5 cm³/mol. The molecule has 0 aliphatic carbocycles. The number of aryl methyl sites for hydroxylation is 1. The van der Waals surface area contributed by atoms with Crippen LogP contribution in [0.3, 0.4) is 0 Å². The Labute approximate surface area is 134 Å². The van der Waals surface area contributed by atoms with Crippen molar-refractivity contribution in [1.82, 2.24) is 20.0 Å². The van der Waals surface area contributed by atoms with Crippen molar-refractivity contribution in [3.63, 3.8) is 0 Å². The highest BCUT2D eigenvalue weighted by Gasteiger charge is 2.13. The number of aromatic nitrogens is 4. The van der Waals surface area contributed by atoms with E-state index in [4.69, 9.17) is 0 Å². The molecule has 0 bridgehead atoms. The molecule has 2 aromatic heterocycles. The Morgan fingerprint density at radius 3 is 2.86 bits per heavy atom. The van der Waals surface area contributed by atoms with Crippen molar-refractivity contribution in [3.05, 3.63) is 52.2 Å². The van der Waals surface area contributed by atoms with Gasteiger partial charge in [0, 0.05) is 0 Å². The Balaban J connectivity index is 1.90. The van der Waals surface area contributed by atoms with Crippen LogP contribution >= 0.6 is 11.3 Å². The summed E-state index contributed by atoms with van der Waals surface area (Å²) in [4.78, 5) is 0. The molecule has 5 nitrogen and oxygen atoms in total. The molecule has 114 valence electrons. The highest BCUT2D eigenvalue weighted by atomic mass is 32.1. The van der Waals surface area contributed by atoms with Gasteiger partial charge in [-0.2, -0.15) is 5.10 Å². The molecule has 0 aliphatic rings. The lowest BCUT2D eigenvalue weighted by molar-refractivity contribution is 0.771. The zero-order valence-electron chi connectivity index (χ0n) is 12.8. The molecule has 0 spiro atoms. The summed E-state index contributed by atoms with van der Waals surface area (Å²) in [6.45, 7) is 4.98. The second-order valence-electron chi connectivity index (χ2n) is 5.14. The molecule has 3 rings (SSSR count). The van der Waals surface area contributed by atoms with E-state index in [1.807, 2.05) is 16.9 Å². The molecule has 0 fully saturated rings. The van der Waals surface area contributed by atoms with Crippen LogP contribution < -0.4 is 5.32 Å². The maximum Gasteiger partial charge on any atom is 0.136 e. The fraction of sp³-hybridized carbons (Fsp3) is 0.312. The van der Waals surface area contributed by atoms with E-state index >= 15 is 0 Å². The number of anilines is 1. The Bertz CT molecular complexity index is 733. The number of nitrogens with zero attached hydrogens (tertiary/aromatic N) is 4. The van der Waals surface area contributed by atoms with Crippen LogP contribution in [0.4, 0.5) is 5.69 Å². The summed E-state index contributed by atoms with van der Waals surface area (Å²) in [7, 11) is 0. The average molecular weight is 313 g/mol. The summed E-state index contributed by atoms with van der Waals surface area (Å²) < 4.78 is 2.04. The second kappa shape index (κ2) is 6.70. The van der Waals surface area contributed by atoms with Gasteiger partial charge in [-0.3, -0.25) is 0 Å². The van der Waals surface area contributed by atoms with Crippen LogP contribution in [0.2, 0.25) is 0 Å². The van der Waals surface area contributed by atoms with Crippen molar-refractivity contribution >= 4 is 17.0 Å². The zero-order chi connectivity index (χ0) is 15.4. The molecular formula is C16H19N5S. The summed E-state index contributed by atoms with van der Waals surface area (Å²) in [5, 5.41) is 16.9. The highest BCUT2D eigenvalue weighted by Crippen LogP contribution is 2.23. The third-order valence-corrected chi connectivity index (χ3v) is 4.23. The van der Waals surface area contributed by atoms with Gasteiger partial charge < -0.3 is 5.32 Å². The van der Waals surface area contributed by atoms with Crippen molar-refractivity contribution in [2.45, 2.75) is 33.2 Å². The normalized spacial score (nSPS) is 10.8. The van der Waals surface area contributed by atoms with Gasteiger partial charge in [-0.1, -0.05) is 31.5 Å². The van der Waals surface area contributed by atoms with Gasteiger partial charge in [0.15, 0.2) is 0 Å². The van der Waals surface area contributed by atoms with E-state index in [1.54, 1.807) is 16.8 Å². The molecule has 1 aromatic carbocycles.